The lowest BCUT2D eigenvalue weighted by molar-refractivity contribution is -0.133. The van der Waals surface area contributed by atoms with Crippen molar-refractivity contribution in [3.8, 4) is 0 Å². The van der Waals surface area contributed by atoms with Crippen LogP contribution in [0.5, 0.6) is 0 Å². The van der Waals surface area contributed by atoms with Gasteiger partial charge in [-0.3, -0.25) is 4.79 Å². The van der Waals surface area contributed by atoms with E-state index in [4.69, 9.17) is 22.1 Å². The monoisotopic (exact) mass is 358 g/mol. The largest absolute Gasteiger partial charge is 0.381 e. The Morgan fingerprint density at radius 1 is 1.22 bits per heavy atom. The minimum absolute atomic E-state index is 0. The maximum atomic E-state index is 12.6. The van der Waals surface area contributed by atoms with Gasteiger partial charge in [0.05, 0.1) is 6.04 Å². The highest BCUT2D eigenvalue weighted by Gasteiger charge is 2.34. The van der Waals surface area contributed by atoms with Crippen LogP contribution >= 0.6 is 24.0 Å². The third-order valence-electron chi connectivity index (χ3n) is 4.90. The minimum Gasteiger partial charge on any atom is -0.381 e. The number of hydrogen-bond donors (Lipinski definition) is 1. The smallest absolute Gasteiger partial charge is 0.239 e. The van der Waals surface area contributed by atoms with E-state index >= 15 is 0 Å². The molecule has 0 aliphatic carbocycles. The van der Waals surface area contributed by atoms with Crippen LogP contribution in [0.2, 0.25) is 5.02 Å². The van der Waals surface area contributed by atoms with Crippen LogP contribution in [-0.4, -0.2) is 43.2 Å². The summed E-state index contributed by atoms with van der Waals surface area (Å²) in [6.45, 7) is 3.00. The van der Waals surface area contributed by atoms with Gasteiger partial charge in [0.2, 0.25) is 5.91 Å². The summed E-state index contributed by atoms with van der Waals surface area (Å²) in [5, 5.41) is 0.746. The quantitative estimate of drug-likeness (QED) is 0.903. The number of hydrogen-bond acceptors (Lipinski definition) is 3. The Kier molecular flexibility index (Phi) is 6.72. The van der Waals surface area contributed by atoms with Gasteiger partial charge >= 0.3 is 0 Å². The van der Waals surface area contributed by atoms with E-state index in [1.165, 1.54) is 5.56 Å². The van der Waals surface area contributed by atoms with Crippen molar-refractivity contribution in [3.63, 3.8) is 0 Å². The summed E-state index contributed by atoms with van der Waals surface area (Å²) in [4.78, 5) is 14.5. The molecule has 1 amide bonds. The molecule has 0 bridgehead atoms. The lowest BCUT2D eigenvalue weighted by Gasteiger charge is -2.29. The van der Waals surface area contributed by atoms with Gasteiger partial charge in [0.15, 0.2) is 0 Å². The van der Waals surface area contributed by atoms with Gasteiger partial charge in [-0.2, -0.15) is 0 Å². The molecule has 2 fully saturated rings. The van der Waals surface area contributed by atoms with E-state index in [1.54, 1.807) is 0 Å². The van der Waals surface area contributed by atoms with Crippen molar-refractivity contribution in [2.75, 3.05) is 26.3 Å². The van der Waals surface area contributed by atoms with E-state index in [1.807, 2.05) is 17.0 Å². The Morgan fingerprint density at radius 2 is 1.87 bits per heavy atom. The van der Waals surface area contributed by atoms with Crippen molar-refractivity contribution in [2.24, 2.45) is 11.7 Å². The topological polar surface area (TPSA) is 55.6 Å². The normalized spacial score (nSPS) is 23.4. The van der Waals surface area contributed by atoms with Gasteiger partial charge in [-0.25, -0.2) is 0 Å². The molecule has 2 aliphatic heterocycles. The molecule has 0 spiro atoms. The first kappa shape index (κ1) is 18.5. The van der Waals surface area contributed by atoms with Crippen molar-refractivity contribution in [3.05, 3.63) is 34.9 Å². The predicted octanol–water partition coefficient (Wildman–Crippen LogP) is 2.83. The van der Waals surface area contributed by atoms with Gasteiger partial charge in [0, 0.05) is 37.2 Å². The van der Waals surface area contributed by atoms with Crippen molar-refractivity contribution in [1.29, 1.82) is 0 Å². The minimum atomic E-state index is -0.382. The predicted molar refractivity (Wildman–Crippen MR) is 94.2 cm³/mol. The molecule has 2 aliphatic rings. The zero-order valence-electron chi connectivity index (χ0n) is 13.1. The van der Waals surface area contributed by atoms with Crippen molar-refractivity contribution >= 4 is 29.9 Å². The number of carbonyl (C=O) groups is 1. The fourth-order valence-corrected chi connectivity index (χ4v) is 3.58. The maximum absolute atomic E-state index is 12.6. The Morgan fingerprint density at radius 3 is 2.52 bits per heavy atom. The first-order valence-corrected chi connectivity index (χ1v) is 8.40. The Balaban J connectivity index is 0.00000192. The molecule has 0 aromatic heterocycles. The molecule has 0 saturated carbocycles. The summed E-state index contributed by atoms with van der Waals surface area (Å²) in [7, 11) is 0. The number of rotatable bonds is 3. The molecule has 6 heteroatoms. The van der Waals surface area contributed by atoms with Crippen LogP contribution in [0.25, 0.3) is 0 Å². The third kappa shape index (κ3) is 4.38. The molecule has 1 aromatic carbocycles. The summed E-state index contributed by atoms with van der Waals surface area (Å²) in [6.07, 6.45) is 2.77. The zero-order valence-corrected chi connectivity index (χ0v) is 14.7. The van der Waals surface area contributed by atoms with Crippen LogP contribution in [0.4, 0.5) is 0 Å². The average Bonchev–Trinajstić information content (AvgIpc) is 3.05. The molecule has 2 unspecified atom stereocenters. The molecule has 4 nitrogen and oxygen atoms in total. The van der Waals surface area contributed by atoms with E-state index in [2.05, 4.69) is 12.1 Å². The number of benzene rings is 1. The SMILES string of the molecule is Cl.NC(C(=O)N1CCC(c2ccc(Cl)cc2)C1)C1CCOCC1. The van der Waals surface area contributed by atoms with Crippen LogP contribution in [-0.2, 0) is 9.53 Å². The Bertz CT molecular complexity index is 518. The Hall–Kier alpha value is -0.810. The number of carbonyl (C=O) groups excluding carboxylic acids is 1. The molecule has 2 heterocycles. The van der Waals surface area contributed by atoms with E-state index < -0.39 is 0 Å². The highest BCUT2D eigenvalue weighted by atomic mass is 35.5. The molecule has 128 valence electrons. The molecule has 2 saturated heterocycles. The summed E-state index contributed by atoms with van der Waals surface area (Å²) in [5.41, 5.74) is 7.46. The number of likely N-dealkylation sites (tertiary alicyclic amines) is 1. The second-order valence-corrected chi connectivity index (χ2v) is 6.73. The number of halogens is 2. The number of ether oxygens (including phenoxy) is 1. The summed E-state index contributed by atoms with van der Waals surface area (Å²) >= 11 is 5.93. The molecule has 1 aromatic rings. The van der Waals surface area contributed by atoms with Crippen LogP contribution in [0, 0.1) is 5.92 Å². The van der Waals surface area contributed by atoms with Crippen molar-refractivity contribution in [1.82, 2.24) is 4.90 Å². The molecule has 2 atom stereocenters. The van der Waals surface area contributed by atoms with E-state index in [9.17, 15) is 4.79 Å². The van der Waals surface area contributed by atoms with Gasteiger partial charge in [-0.1, -0.05) is 23.7 Å². The van der Waals surface area contributed by atoms with E-state index in [0.29, 0.717) is 5.92 Å². The number of nitrogens with two attached hydrogens (primary N) is 1. The summed E-state index contributed by atoms with van der Waals surface area (Å²) in [5.74, 6) is 0.752. The van der Waals surface area contributed by atoms with Crippen molar-refractivity contribution < 1.29 is 9.53 Å². The molecule has 23 heavy (non-hydrogen) atoms. The fourth-order valence-electron chi connectivity index (χ4n) is 3.45. The molecule has 0 radical (unpaired) electrons. The summed E-state index contributed by atoms with van der Waals surface area (Å²) in [6, 6.07) is 7.55. The second kappa shape index (κ2) is 8.34. The molecular formula is C17H24Cl2N2O2. The summed E-state index contributed by atoms with van der Waals surface area (Å²) < 4.78 is 5.35. The first-order valence-electron chi connectivity index (χ1n) is 8.02. The van der Waals surface area contributed by atoms with Gasteiger partial charge in [0.1, 0.15) is 0 Å². The maximum Gasteiger partial charge on any atom is 0.239 e. The van der Waals surface area contributed by atoms with Crippen LogP contribution in [0.15, 0.2) is 24.3 Å². The molecule has 3 rings (SSSR count). The van der Waals surface area contributed by atoms with E-state index in [0.717, 1.165) is 50.6 Å². The first-order chi connectivity index (χ1) is 10.6. The van der Waals surface area contributed by atoms with Gasteiger partial charge in [-0.05, 0) is 42.9 Å². The third-order valence-corrected chi connectivity index (χ3v) is 5.15. The average molecular weight is 359 g/mol. The van der Waals surface area contributed by atoms with Crippen LogP contribution in [0.1, 0.15) is 30.7 Å². The van der Waals surface area contributed by atoms with Crippen molar-refractivity contribution in [2.45, 2.75) is 31.2 Å². The standard InChI is InChI=1S/C17H23ClN2O2.ClH/c18-15-3-1-12(2-4-15)14-5-8-20(11-14)17(21)16(19)13-6-9-22-10-7-13;/h1-4,13-14,16H,5-11,19H2;1H. The number of amides is 1. The van der Waals surface area contributed by atoms with Gasteiger partial charge < -0.3 is 15.4 Å². The zero-order chi connectivity index (χ0) is 15.5. The lowest BCUT2D eigenvalue weighted by Crippen LogP contribution is -2.48. The van der Waals surface area contributed by atoms with Crippen LogP contribution in [0.3, 0.4) is 0 Å². The number of nitrogens with zero attached hydrogens (tertiary/aromatic N) is 1. The lowest BCUT2D eigenvalue weighted by atomic mass is 9.91. The highest BCUT2D eigenvalue weighted by Crippen LogP contribution is 2.29. The second-order valence-electron chi connectivity index (χ2n) is 6.30. The van der Waals surface area contributed by atoms with Crippen LogP contribution < -0.4 is 5.73 Å². The molecule has 2 N–H and O–H groups in total. The van der Waals surface area contributed by atoms with Gasteiger partial charge in [-0.15, -0.1) is 12.4 Å². The highest BCUT2D eigenvalue weighted by molar-refractivity contribution is 6.30. The fraction of sp³-hybridized carbons (Fsp3) is 0.588. The van der Waals surface area contributed by atoms with Gasteiger partial charge in [0.25, 0.3) is 0 Å². The van der Waals surface area contributed by atoms with E-state index in [-0.39, 0.29) is 30.3 Å². The Labute approximate surface area is 148 Å². The molecular weight excluding hydrogens is 335 g/mol.